The Bertz CT molecular complexity index is 5740. The largest absolute Gasteiger partial charge is 1.00 e. The van der Waals surface area contributed by atoms with Gasteiger partial charge in [-0.3, -0.25) is 23.5 Å². The third kappa shape index (κ3) is 20.4. The molecular weight excluding hydrogens is 1640 g/mol. The molecule has 9 aromatic heterocycles. The topological polar surface area (TPSA) is 259 Å². The second kappa shape index (κ2) is 41.3. The van der Waals surface area contributed by atoms with Crippen LogP contribution in [0.15, 0.2) is 253 Å². The number of nitriles is 1. The smallest absolute Gasteiger partial charge is 1.00 e. The van der Waals surface area contributed by atoms with Gasteiger partial charge < -0.3 is 34.3 Å². The summed E-state index contributed by atoms with van der Waals surface area (Å²) in [5, 5.41) is 7.80. The van der Waals surface area contributed by atoms with E-state index < -0.39 is 0 Å². The summed E-state index contributed by atoms with van der Waals surface area (Å²) >= 11 is 34.3. The van der Waals surface area contributed by atoms with E-state index in [1.165, 1.54) is 13.3 Å². The summed E-state index contributed by atoms with van der Waals surface area (Å²) in [5.74, 6) is 3.04. The van der Waals surface area contributed by atoms with Crippen LogP contribution in [0.2, 0.25) is 15.9 Å². The molecule has 12 heterocycles. The first-order valence-corrected chi connectivity index (χ1v) is 41.3. The summed E-state index contributed by atoms with van der Waals surface area (Å²) < 4.78 is 27.3. The fraction of sp³-hybridized carbons (Fsp3) is 0.256. The average Bonchev–Trinajstić information content (AvgIpc) is 1.33. The molecule has 9 atom stereocenters. The maximum Gasteiger partial charge on any atom is 1.00 e. The van der Waals surface area contributed by atoms with Crippen LogP contribution in [0.4, 0.5) is 0 Å². The predicted molar refractivity (Wildman–Crippen MR) is 470 cm³/mol. The SMILES string of the molecule is CC#N.CC[C@@H]1O[C@@H](n2cnc3c(-n4cc(-c5ccccc5)c(=O)c(-c5ccccc5)c4)nc(Cl)nc32)C[C@@H]1C.CC[C@H]1O[C@@H](n2cnc3c(-n4cc(-c5ccccc5)c(=O)c(-c5ccccc5)c4)nc(Cl)nc32)CC1C.CC[C@H]1O[C@H](Cl)CC1C.ClCCl.O=c1c(-c2ccccc2)cn(-c2nc(Cl)nc3nc[nH]c23)cc1-c1ccccc1.[H-].[Na+]. The van der Waals surface area contributed by atoms with E-state index in [0.717, 1.165) is 71.9 Å². The molecule has 2 unspecified atom stereocenters. The number of nitrogens with zero attached hydrogens (tertiary/aromatic N) is 15. The number of hydrogen-bond donors (Lipinski definition) is 1. The first-order valence-electron chi connectivity index (χ1n) is 38.7. The molecule has 0 radical (unpaired) electrons. The molecule has 3 aliphatic rings. The van der Waals surface area contributed by atoms with Crippen molar-refractivity contribution >= 4 is 103 Å². The van der Waals surface area contributed by atoms with Gasteiger partial charge in [0.1, 0.15) is 23.5 Å². The molecule has 18 rings (SSSR count). The van der Waals surface area contributed by atoms with Crippen molar-refractivity contribution in [1.82, 2.24) is 72.7 Å². The molecular formula is C90H85Cl6N16NaO6. The Morgan fingerprint density at radius 2 is 0.714 bits per heavy atom. The van der Waals surface area contributed by atoms with Gasteiger partial charge in [-0.2, -0.15) is 35.2 Å². The van der Waals surface area contributed by atoms with Crippen molar-refractivity contribution in [1.29, 1.82) is 5.26 Å². The van der Waals surface area contributed by atoms with Gasteiger partial charge in [-0.25, -0.2) is 15.0 Å². The Morgan fingerprint density at radius 1 is 0.437 bits per heavy atom. The standard InChI is InChI=1S/2C29H26ClN5O2.C22H14ClN5O.C7H13ClO.C2H3N.CH2Cl2.Na.H/c2*1-3-23-18(2)14-24(37-23)35-17-31-25-27(32-29(30)33-28(25)35)34-15-21(19-10-6-4-7-11-19)26(36)22(16-34)20-12-8-5-9-13-20;23-22-26-20-18(24-13-25-20)21(27-22)28-11-16(14-7-3-1-4-8-14)19(29)17(12-28)15-9-5-2-6-10-15;1-3-6-5(2)4-7(8)9-6;1-2-3;2-1-3;;/h2*4-13,15-18,23-24H,3,14H2,1-2H3;1-13H,(H,24,25,26,27);5-7H,3-4H2,1-2H3;1H3;1H2;;/q;;;;;;+1;-1/t18?,23-,24-;18-,23-,24+;;5?,6-,7+;;;;/m10.1..../s1. The van der Waals surface area contributed by atoms with E-state index >= 15 is 0 Å². The number of ether oxygens (including phenoxy) is 3. The Morgan fingerprint density at radius 3 is 0.992 bits per heavy atom. The van der Waals surface area contributed by atoms with Gasteiger partial charge in [-0.05, 0) is 124 Å². The molecule has 22 nitrogen and oxygen atoms in total. The average molecular weight is 1720 g/mol. The van der Waals surface area contributed by atoms with Crippen molar-refractivity contribution < 1.29 is 45.2 Å². The van der Waals surface area contributed by atoms with Crippen molar-refractivity contribution in [3.8, 4) is 90.3 Å². The Kier molecular flexibility index (Phi) is 30.6. The summed E-state index contributed by atoms with van der Waals surface area (Å²) in [6.45, 7) is 14.4. The molecule has 0 aliphatic carbocycles. The molecule has 604 valence electrons. The van der Waals surface area contributed by atoms with Gasteiger partial charge in [0.25, 0.3) is 0 Å². The molecule has 119 heavy (non-hydrogen) atoms. The third-order valence-electron chi connectivity index (χ3n) is 20.7. The van der Waals surface area contributed by atoms with Crippen LogP contribution in [-0.2, 0) is 14.2 Å². The van der Waals surface area contributed by atoms with Crippen LogP contribution < -0.4 is 45.8 Å². The summed E-state index contributed by atoms with van der Waals surface area (Å²) in [6, 6.07) is 59.3. The quantitative estimate of drug-likeness (QED) is 0.0603. The van der Waals surface area contributed by atoms with Crippen LogP contribution in [0.1, 0.15) is 101 Å². The molecule has 3 fully saturated rings. The maximum atomic E-state index is 13.6. The Hall–Kier alpha value is -10.1. The minimum Gasteiger partial charge on any atom is -1.00 e. The van der Waals surface area contributed by atoms with Gasteiger partial charge in [-0.1, -0.05) is 235 Å². The van der Waals surface area contributed by atoms with Crippen LogP contribution in [0.3, 0.4) is 0 Å². The Labute approximate surface area is 741 Å². The number of nitrogens with one attached hydrogen (secondary N) is 1. The van der Waals surface area contributed by atoms with Gasteiger partial charge >= 0.3 is 29.6 Å². The van der Waals surface area contributed by atoms with Gasteiger partial charge in [0.05, 0.1) is 48.7 Å². The predicted octanol–water partition coefficient (Wildman–Crippen LogP) is 18.5. The zero-order chi connectivity index (χ0) is 83.1. The van der Waals surface area contributed by atoms with E-state index in [1.807, 2.05) is 200 Å². The van der Waals surface area contributed by atoms with E-state index in [-0.39, 0.29) is 98.7 Å². The van der Waals surface area contributed by atoms with Crippen LogP contribution in [0.5, 0.6) is 0 Å². The second-order valence-corrected chi connectivity index (χ2v) is 30.7. The van der Waals surface area contributed by atoms with Crippen molar-refractivity contribution in [2.75, 3.05) is 5.34 Å². The molecule has 0 spiro atoms. The van der Waals surface area contributed by atoms with Crippen LogP contribution in [0, 0.1) is 29.1 Å². The summed E-state index contributed by atoms with van der Waals surface area (Å²) in [4.78, 5) is 83.9. The Balaban J connectivity index is 0.000000161. The third-order valence-corrected chi connectivity index (χ3v) is 21.5. The summed E-state index contributed by atoms with van der Waals surface area (Å²) in [5.41, 5.74) is 11.6. The van der Waals surface area contributed by atoms with E-state index in [9.17, 15) is 14.4 Å². The number of benzene rings is 6. The number of halogens is 6. The molecule has 0 amide bonds. The fourth-order valence-corrected chi connectivity index (χ4v) is 15.8. The molecule has 1 N–H and O–H groups in total. The molecule has 0 bridgehead atoms. The number of H-pyrrole nitrogens is 1. The maximum absolute atomic E-state index is 13.6. The van der Waals surface area contributed by atoms with Gasteiger partial charge in [0.2, 0.25) is 15.9 Å². The summed E-state index contributed by atoms with van der Waals surface area (Å²) in [6.07, 6.45) is 21.9. The molecule has 6 aromatic carbocycles. The zero-order valence-electron chi connectivity index (χ0n) is 67.6. The van der Waals surface area contributed by atoms with Crippen LogP contribution in [0.25, 0.3) is 118 Å². The van der Waals surface area contributed by atoms with Gasteiger partial charge in [0.15, 0.2) is 61.7 Å². The molecule has 15 aromatic rings. The number of alkyl halides is 3. The monoisotopic (exact) mass is 1720 g/mol. The van der Waals surface area contributed by atoms with Crippen molar-refractivity contribution in [2.24, 2.45) is 17.8 Å². The first-order chi connectivity index (χ1) is 57.3. The van der Waals surface area contributed by atoms with Gasteiger partial charge in [0, 0.05) is 77.5 Å². The number of hydrogen-bond acceptors (Lipinski definition) is 16. The zero-order valence-corrected chi connectivity index (χ0v) is 73.1. The van der Waals surface area contributed by atoms with Crippen LogP contribution in [-0.4, -0.2) is 102 Å². The number of imidazole rings is 3. The van der Waals surface area contributed by atoms with Crippen molar-refractivity contribution in [2.45, 2.75) is 123 Å². The number of aromatic nitrogens is 15. The van der Waals surface area contributed by atoms with E-state index in [2.05, 4.69) is 91.4 Å². The fourth-order valence-electron chi connectivity index (χ4n) is 15.0. The number of pyridine rings is 3. The number of rotatable bonds is 14. The minimum atomic E-state index is -0.169. The van der Waals surface area contributed by atoms with E-state index in [0.29, 0.717) is 108 Å². The molecule has 3 aliphatic heterocycles. The molecule has 0 saturated carbocycles. The van der Waals surface area contributed by atoms with Crippen molar-refractivity contribution in [3.05, 3.63) is 285 Å². The summed E-state index contributed by atoms with van der Waals surface area (Å²) in [7, 11) is 0. The molecule has 3 saturated heterocycles. The number of fused-ring (bicyclic) bond motifs is 3. The van der Waals surface area contributed by atoms with E-state index in [4.69, 9.17) is 89.1 Å². The van der Waals surface area contributed by atoms with Crippen molar-refractivity contribution in [3.63, 3.8) is 0 Å². The second-order valence-electron chi connectivity index (χ2n) is 28.4. The molecule has 29 heteroatoms. The van der Waals surface area contributed by atoms with E-state index in [1.54, 1.807) is 60.5 Å². The number of aromatic amines is 1. The van der Waals surface area contributed by atoms with Crippen LogP contribution >= 0.6 is 69.6 Å². The normalized spacial score (nSPS) is 18.3. The minimum absolute atomic E-state index is 0. The van der Waals surface area contributed by atoms with Gasteiger partial charge in [-0.15, -0.1) is 23.2 Å². The first kappa shape index (κ1) is 88.2.